The van der Waals surface area contributed by atoms with Gasteiger partial charge in [0.05, 0.1) is 20.8 Å². The molecule has 0 aliphatic carbocycles. The molecule has 0 radical (unpaired) electrons. The van der Waals surface area contributed by atoms with Gasteiger partial charge >= 0.3 is 0 Å². The highest BCUT2D eigenvalue weighted by Crippen LogP contribution is 2.36. The quantitative estimate of drug-likeness (QED) is 0.866. The Balaban J connectivity index is 1.74. The van der Waals surface area contributed by atoms with E-state index in [1.165, 1.54) is 5.56 Å². The van der Waals surface area contributed by atoms with Gasteiger partial charge in [-0.3, -0.25) is 0 Å². The summed E-state index contributed by atoms with van der Waals surface area (Å²) < 4.78 is 16.4. The summed E-state index contributed by atoms with van der Waals surface area (Å²) >= 11 is 0. The average Bonchev–Trinajstić information content (AvgIpc) is 2.54. The van der Waals surface area contributed by atoms with E-state index in [9.17, 15) is 0 Å². The first-order chi connectivity index (χ1) is 10.3. The SMILES string of the molecule is COc1cccc(C[C@H]2COc3c(cccc3OC)C2)n1. The molecular weight excluding hydrogens is 266 g/mol. The third-order valence-electron chi connectivity index (χ3n) is 3.74. The molecule has 0 unspecified atom stereocenters. The molecule has 1 aliphatic heterocycles. The van der Waals surface area contributed by atoms with Crippen molar-refractivity contribution >= 4 is 0 Å². The Hall–Kier alpha value is -2.23. The summed E-state index contributed by atoms with van der Waals surface area (Å²) in [6.07, 6.45) is 1.86. The maximum Gasteiger partial charge on any atom is 0.213 e. The molecule has 0 saturated heterocycles. The van der Waals surface area contributed by atoms with Crippen molar-refractivity contribution in [1.82, 2.24) is 4.98 Å². The van der Waals surface area contributed by atoms with Crippen LogP contribution < -0.4 is 14.2 Å². The zero-order valence-corrected chi connectivity index (χ0v) is 12.3. The van der Waals surface area contributed by atoms with E-state index in [0.29, 0.717) is 18.4 Å². The van der Waals surface area contributed by atoms with E-state index in [1.807, 2.05) is 30.3 Å². The van der Waals surface area contributed by atoms with Gasteiger partial charge in [0.1, 0.15) is 0 Å². The summed E-state index contributed by atoms with van der Waals surface area (Å²) in [4.78, 5) is 4.47. The van der Waals surface area contributed by atoms with Crippen molar-refractivity contribution in [3.63, 3.8) is 0 Å². The monoisotopic (exact) mass is 285 g/mol. The Kier molecular flexibility index (Phi) is 3.95. The predicted octanol–water partition coefficient (Wildman–Crippen LogP) is 2.89. The number of nitrogens with zero attached hydrogens (tertiary/aromatic N) is 1. The van der Waals surface area contributed by atoms with Gasteiger partial charge in [0, 0.05) is 17.7 Å². The lowest BCUT2D eigenvalue weighted by Gasteiger charge is -2.26. The van der Waals surface area contributed by atoms with E-state index in [0.717, 1.165) is 30.0 Å². The zero-order valence-electron chi connectivity index (χ0n) is 12.3. The Labute approximate surface area is 124 Å². The Morgan fingerprint density at radius 2 is 2.00 bits per heavy atom. The number of pyridine rings is 1. The van der Waals surface area contributed by atoms with Crippen molar-refractivity contribution in [3.8, 4) is 17.4 Å². The highest BCUT2D eigenvalue weighted by atomic mass is 16.5. The van der Waals surface area contributed by atoms with Gasteiger partial charge < -0.3 is 14.2 Å². The van der Waals surface area contributed by atoms with Crippen LogP contribution in [0.1, 0.15) is 11.3 Å². The fourth-order valence-electron chi connectivity index (χ4n) is 2.73. The van der Waals surface area contributed by atoms with Crippen LogP contribution >= 0.6 is 0 Å². The molecule has 0 bridgehead atoms. The molecule has 1 aromatic heterocycles. The normalized spacial score (nSPS) is 16.8. The lowest BCUT2D eigenvalue weighted by atomic mass is 9.92. The zero-order chi connectivity index (χ0) is 14.7. The first-order valence-electron chi connectivity index (χ1n) is 7.08. The van der Waals surface area contributed by atoms with Crippen LogP contribution in [-0.2, 0) is 12.8 Å². The molecule has 0 N–H and O–H groups in total. The van der Waals surface area contributed by atoms with Crippen molar-refractivity contribution in [2.24, 2.45) is 5.92 Å². The number of hydrogen-bond donors (Lipinski definition) is 0. The number of aromatic nitrogens is 1. The van der Waals surface area contributed by atoms with Gasteiger partial charge in [-0.2, -0.15) is 0 Å². The second-order valence-electron chi connectivity index (χ2n) is 5.21. The van der Waals surface area contributed by atoms with Crippen molar-refractivity contribution < 1.29 is 14.2 Å². The molecule has 0 spiro atoms. The minimum absolute atomic E-state index is 0.421. The lowest BCUT2D eigenvalue weighted by molar-refractivity contribution is 0.210. The van der Waals surface area contributed by atoms with E-state index in [1.54, 1.807) is 14.2 Å². The third-order valence-corrected chi connectivity index (χ3v) is 3.74. The number of para-hydroxylation sites is 1. The number of rotatable bonds is 4. The van der Waals surface area contributed by atoms with Crippen LogP contribution in [0.4, 0.5) is 0 Å². The van der Waals surface area contributed by atoms with Crippen LogP contribution in [0.2, 0.25) is 0 Å². The third kappa shape index (κ3) is 2.94. The topological polar surface area (TPSA) is 40.6 Å². The Bertz CT molecular complexity index is 627. The van der Waals surface area contributed by atoms with Crippen molar-refractivity contribution in [2.45, 2.75) is 12.8 Å². The molecule has 110 valence electrons. The van der Waals surface area contributed by atoms with E-state index >= 15 is 0 Å². The van der Waals surface area contributed by atoms with Gasteiger partial charge in [-0.15, -0.1) is 0 Å². The first kappa shape index (κ1) is 13.7. The van der Waals surface area contributed by atoms with Crippen LogP contribution in [-0.4, -0.2) is 25.8 Å². The van der Waals surface area contributed by atoms with E-state index in [4.69, 9.17) is 14.2 Å². The molecule has 4 nitrogen and oxygen atoms in total. The molecule has 3 rings (SSSR count). The standard InChI is InChI=1S/C17H19NO3/c1-19-15-7-3-5-13-9-12(11-21-17(13)15)10-14-6-4-8-16(18-14)20-2/h3-8,12H,9-11H2,1-2H3/t12-/m0/s1. The number of fused-ring (bicyclic) bond motifs is 1. The minimum atomic E-state index is 0.421. The molecule has 21 heavy (non-hydrogen) atoms. The minimum Gasteiger partial charge on any atom is -0.493 e. The molecule has 4 heteroatoms. The number of methoxy groups -OCH3 is 2. The molecule has 2 aromatic rings. The summed E-state index contributed by atoms with van der Waals surface area (Å²) in [5.41, 5.74) is 2.24. The summed E-state index contributed by atoms with van der Waals surface area (Å²) in [6.45, 7) is 0.687. The van der Waals surface area contributed by atoms with Crippen molar-refractivity contribution in [3.05, 3.63) is 47.7 Å². The average molecular weight is 285 g/mol. The summed E-state index contributed by atoms with van der Waals surface area (Å²) in [5.74, 6) is 2.77. The molecule has 1 aromatic carbocycles. The van der Waals surface area contributed by atoms with Gasteiger partial charge in [-0.05, 0) is 30.5 Å². The van der Waals surface area contributed by atoms with Crippen LogP contribution in [0.3, 0.4) is 0 Å². The largest absolute Gasteiger partial charge is 0.493 e. The molecule has 0 amide bonds. The van der Waals surface area contributed by atoms with Crippen LogP contribution in [0.5, 0.6) is 17.4 Å². The highest BCUT2D eigenvalue weighted by Gasteiger charge is 2.23. The van der Waals surface area contributed by atoms with E-state index < -0.39 is 0 Å². The van der Waals surface area contributed by atoms with Gasteiger partial charge in [-0.25, -0.2) is 4.98 Å². The van der Waals surface area contributed by atoms with Gasteiger partial charge in [0.2, 0.25) is 5.88 Å². The fourth-order valence-corrected chi connectivity index (χ4v) is 2.73. The van der Waals surface area contributed by atoms with Crippen LogP contribution in [0, 0.1) is 5.92 Å². The van der Waals surface area contributed by atoms with Crippen LogP contribution in [0.15, 0.2) is 36.4 Å². The lowest BCUT2D eigenvalue weighted by Crippen LogP contribution is -2.23. The summed E-state index contributed by atoms with van der Waals surface area (Å²) in [7, 11) is 3.31. The van der Waals surface area contributed by atoms with E-state index in [-0.39, 0.29) is 0 Å². The fraction of sp³-hybridized carbons (Fsp3) is 0.353. The molecular formula is C17H19NO3. The maximum atomic E-state index is 5.90. The van der Waals surface area contributed by atoms with Crippen molar-refractivity contribution in [2.75, 3.05) is 20.8 Å². The second-order valence-corrected chi connectivity index (χ2v) is 5.21. The molecule has 0 fully saturated rings. The molecule has 2 heterocycles. The van der Waals surface area contributed by atoms with E-state index in [2.05, 4.69) is 11.1 Å². The highest BCUT2D eigenvalue weighted by molar-refractivity contribution is 5.47. The second kappa shape index (κ2) is 6.04. The van der Waals surface area contributed by atoms with Crippen molar-refractivity contribution in [1.29, 1.82) is 0 Å². The summed E-state index contributed by atoms with van der Waals surface area (Å²) in [6, 6.07) is 11.9. The number of benzene rings is 1. The Morgan fingerprint density at radius 1 is 1.14 bits per heavy atom. The predicted molar refractivity (Wildman–Crippen MR) is 80.2 cm³/mol. The molecule has 1 atom stereocenters. The van der Waals surface area contributed by atoms with Crippen LogP contribution in [0.25, 0.3) is 0 Å². The Morgan fingerprint density at radius 3 is 2.81 bits per heavy atom. The number of ether oxygens (including phenoxy) is 3. The van der Waals surface area contributed by atoms with Gasteiger partial charge in [0.25, 0.3) is 0 Å². The maximum absolute atomic E-state index is 5.90. The van der Waals surface area contributed by atoms with Gasteiger partial charge in [0.15, 0.2) is 11.5 Å². The summed E-state index contributed by atoms with van der Waals surface area (Å²) in [5, 5.41) is 0. The number of hydrogen-bond acceptors (Lipinski definition) is 4. The molecule has 0 saturated carbocycles. The smallest absolute Gasteiger partial charge is 0.213 e. The molecule has 1 aliphatic rings. The van der Waals surface area contributed by atoms with Gasteiger partial charge in [-0.1, -0.05) is 18.2 Å². The first-order valence-corrected chi connectivity index (χ1v) is 7.08.